The van der Waals surface area contributed by atoms with Crippen LogP contribution in [0, 0.1) is 0 Å². The number of hydrogen-bond donors (Lipinski definition) is 1. The fourth-order valence-corrected chi connectivity index (χ4v) is 4.42. The summed E-state index contributed by atoms with van der Waals surface area (Å²) in [5.74, 6) is 0.737. The molecule has 1 N–H and O–H groups in total. The number of hydrogen-bond acceptors (Lipinski definition) is 3. The van der Waals surface area contributed by atoms with E-state index in [2.05, 4.69) is 25.1 Å². The highest BCUT2D eigenvalue weighted by Gasteiger charge is 2.32. The number of rotatable bonds is 3. The number of halogens is 1. The third-order valence-corrected chi connectivity index (χ3v) is 5.97. The van der Waals surface area contributed by atoms with Gasteiger partial charge in [0.2, 0.25) is 5.78 Å². The molecule has 6 heteroatoms. The summed E-state index contributed by atoms with van der Waals surface area (Å²) in [6, 6.07) is 15.5. The summed E-state index contributed by atoms with van der Waals surface area (Å²) in [5.41, 5.74) is 2.79. The molecule has 0 amide bonds. The smallest absolute Gasteiger partial charge is 0.319 e. The normalized spacial score (nSPS) is 17.0. The molecular weight excluding hydrogens is 388 g/mol. The molecule has 0 aliphatic carbocycles. The molecule has 0 saturated carbocycles. The summed E-state index contributed by atoms with van der Waals surface area (Å²) in [7, 11) is 0. The molecule has 122 valence electrons. The maximum Gasteiger partial charge on any atom is 0.319 e. The maximum absolute atomic E-state index is 12.7. The van der Waals surface area contributed by atoms with Crippen LogP contribution in [0.25, 0.3) is 11.0 Å². The Balaban J connectivity index is 1.76. The van der Waals surface area contributed by atoms with Crippen molar-refractivity contribution in [3.8, 4) is 0 Å². The lowest BCUT2D eigenvalue weighted by molar-refractivity contribution is -0.717. The zero-order valence-electron chi connectivity index (χ0n) is 12.9. The Bertz CT molecular complexity index is 921. The van der Waals surface area contributed by atoms with Gasteiger partial charge in [0.1, 0.15) is 12.6 Å². The number of thioether (sulfide) groups is 1. The highest BCUT2D eigenvalue weighted by atomic mass is 79.9. The SMILES string of the molecule is O=C(Cn1c2[n+](c3ccccc31)CC(O)CS2)c1ccc(Br)cc1. The molecular formula is C18H16BrN2O2S+. The molecule has 1 aliphatic rings. The highest BCUT2D eigenvalue weighted by molar-refractivity contribution is 9.10. The minimum Gasteiger partial charge on any atom is -0.388 e. The molecule has 4 rings (SSSR count). The molecule has 2 aromatic carbocycles. The van der Waals surface area contributed by atoms with Gasteiger partial charge in [0.05, 0.1) is 0 Å². The van der Waals surface area contributed by atoms with Crippen LogP contribution in [0.2, 0.25) is 0 Å². The first-order valence-corrected chi connectivity index (χ1v) is 9.52. The molecule has 4 nitrogen and oxygen atoms in total. The van der Waals surface area contributed by atoms with Gasteiger partial charge in [0.25, 0.3) is 0 Å². The maximum atomic E-state index is 12.7. The Morgan fingerprint density at radius 1 is 1.25 bits per heavy atom. The summed E-state index contributed by atoms with van der Waals surface area (Å²) in [6.45, 7) is 0.871. The lowest BCUT2D eigenvalue weighted by Gasteiger charge is -2.14. The van der Waals surface area contributed by atoms with Gasteiger partial charge < -0.3 is 5.11 Å². The van der Waals surface area contributed by atoms with Gasteiger partial charge in [-0.3, -0.25) is 4.79 Å². The van der Waals surface area contributed by atoms with Gasteiger partial charge in [0, 0.05) is 15.8 Å². The van der Waals surface area contributed by atoms with Gasteiger partial charge in [-0.25, -0.2) is 9.13 Å². The second kappa shape index (κ2) is 6.35. The van der Waals surface area contributed by atoms with Gasteiger partial charge in [-0.2, -0.15) is 0 Å². The van der Waals surface area contributed by atoms with Crippen LogP contribution < -0.4 is 4.57 Å². The van der Waals surface area contributed by atoms with E-state index in [0.29, 0.717) is 24.4 Å². The predicted octanol–water partition coefficient (Wildman–Crippen LogP) is 3.04. The first kappa shape index (κ1) is 15.9. The van der Waals surface area contributed by atoms with Crippen LogP contribution in [0.4, 0.5) is 0 Å². The fraction of sp³-hybridized carbons (Fsp3) is 0.222. The summed E-state index contributed by atoms with van der Waals surface area (Å²) >= 11 is 5.00. The Kier molecular flexibility index (Phi) is 4.20. The summed E-state index contributed by atoms with van der Waals surface area (Å²) in [4.78, 5) is 12.7. The van der Waals surface area contributed by atoms with Crippen molar-refractivity contribution in [3.05, 3.63) is 58.6 Å². The molecule has 0 saturated heterocycles. The lowest BCUT2D eigenvalue weighted by Crippen LogP contribution is -2.45. The van der Waals surface area contributed by atoms with Crippen LogP contribution in [0.3, 0.4) is 0 Å². The Morgan fingerprint density at radius 3 is 2.79 bits per heavy atom. The average Bonchev–Trinajstić information content (AvgIpc) is 2.89. The number of fused-ring (bicyclic) bond motifs is 3. The molecule has 0 radical (unpaired) electrons. The quantitative estimate of drug-likeness (QED) is 0.539. The van der Waals surface area contributed by atoms with E-state index in [1.165, 1.54) is 0 Å². The number of carbonyl (C=O) groups excluding carboxylic acids is 1. The van der Waals surface area contributed by atoms with Crippen LogP contribution in [-0.4, -0.2) is 27.3 Å². The molecule has 3 aromatic rings. The van der Waals surface area contributed by atoms with Gasteiger partial charge in [-0.05, 0) is 36.0 Å². The van der Waals surface area contributed by atoms with Crippen molar-refractivity contribution in [2.24, 2.45) is 0 Å². The second-order valence-corrected chi connectivity index (χ2v) is 7.77. The molecule has 0 fully saturated rings. The average molecular weight is 404 g/mol. The van der Waals surface area contributed by atoms with Crippen molar-refractivity contribution in [3.63, 3.8) is 0 Å². The van der Waals surface area contributed by atoms with Crippen LogP contribution >= 0.6 is 27.7 Å². The van der Waals surface area contributed by atoms with Crippen molar-refractivity contribution >= 4 is 44.5 Å². The zero-order chi connectivity index (χ0) is 16.7. The van der Waals surface area contributed by atoms with Crippen molar-refractivity contribution < 1.29 is 14.5 Å². The van der Waals surface area contributed by atoms with E-state index >= 15 is 0 Å². The third kappa shape index (κ3) is 2.79. The first-order valence-electron chi connectivity index (χ1n) is 7.74. The van der Waals surface area contributed by atoms with E-state index in [9.17, 15) is 9.90 Å². The van der Waals surface area contributed by atoms with E-state index in [4.69, 9.17) is 0 Å². The predicted molar refractivity (Wildman–Crippen MR) is 97.3 cm³/mol. The number of imidazole rings is 1. The molecule has 1 atom stereocenters. The van der Waals surface area contributed by atoms with E-state index in [1.54, 1.807) is 11.8 Å². The number of Topliss-reactive ketones (excluding diaryl/α,β-unsaturated/α-hetero) is 1. The van der Waals surface area contributed by atoms with E-state index in [0.717, 1.165) is 20.7 Å². The van der Waals surface area contributed by atoms with Crippen LogP contribution in [-0.2, 0) is 13.1 Å². The molecule has 2 heterocycles. The minimum absolute atomic E-state index is 0.0818. The molecule has 1 aromatic heterocycles. The fourth-order valence-electron chi connectivity index (χ4n) is 3.06. The van der Waals surface area contributed by atoms with Gasteiger partial charge in [0.15, 0.2) is 17.6 Å². The monoisotopic (exact) mass is 403 g/mol. The third-order valence-electron chi connectivity index (χ3n) is 4.19. The van der Waals surface area contributed by atoms with Gasteiger partial charge >= 0.3 is 5.16 Å². The molecule has 0 spiro atoms. The molecule has 0 bridgehead atoms. The van der Waals surface area contributed by atoms with Crippen molar-refractivity contribution in [1.82, 2.24) is 4.57 Å². The number of aliphatic hydroxyl groups excluding tert-OH is 1. The van der Waals surface area contributed by atoms with E-state index in [1.807, 2.05) is 48.5 Å². The molecule has 1 unspecified atom stereocenters. The van der Waals surface area contributed by atoms with Crippen LogP contribution in [0.5, 0.6) is 0 Å². The van der Waals surface area contributed by atoms with Gasteiger partial charge in [-0.1, -0.05) is 40.2 Å². The Labute approximate surface area is 152 Å². The zero-order valence-corrected chi connectivity index (χ0v) is 15.3. The lowest BCUT2D eigenvalue weighted by atomic mass is 10.1. The van der Waals surface area contributed by atoms with Crippen LogP contribution in [0.1, 0.15) is 10.4 Å². The topological polar surface area (TPSA) is 46.1 Å². The number of para-hydroxylation sites is 2. The van der Waals surface area contributed by atoms with Crippen molar-refractivity contribution in [1.29, 1.82) is 0 Å². The Morgan fingerprint density at radius 2 is 2.00 bits per heavy atom. The van der Waals surface area contributed by atoms with Gasteiger partial charge in [-0.15, -0.1) is 0 Å². The molecule has 1 aliphatic heterocycles. The van der Waals surface area contributed by atoms with Crippen molar-refractivity contribution in [2.45, 2.75) is 24.3 Å². The number of aliphatic hydroxyl groups is 1. The molecule has 24 heavy (non-hydrogen) atoms. The minimum atomic E-state index is -0.353. The number of benzene rings is 2. The standard InChI is InChI=1S/C18H16BrN2O2S/c19-13-7-5-12(6-8-13)17(23)10-21-16-4-2-1-3-15(16)20-9-14(22)11-24-18(20)21/h1-8,14,22H,9-11H2/q+1. The summed E-state index contributed by atoms with van der Waals surface area (Å²) in [6.07, 6.45) is -0.353. The summed E-state index contributed by atoms with van der Waals surface area (Å²) < 4.78 is 5.14. The number of ketones is 1. The van der Waals surface area contributed by atoms with Crippen LogP contribution in [0.15, 0.2) is 58.2 Å². The largest absolute Gasteiger partial charge is 0.388 e. The van der Waals surface area contributed by atoms with Crippen molar-refractivity contribution in [2.75, 3.05) is 5.75 Å². The number of nitrogens with zero attached hydrogens (tertiary/aromatic N) is 2. The van der Waals surface area contributed by atoms with E-state index < -0.39 is 0 Å². The Hall–Kier alpha value is -1.63. The van der Waals surface area contributed by atoms with E-state index in [-0.39, 0.29) is 11.9 Å². The summed E-state index contributed by atoms with van der Waals surface area (Å²) in [5, 5.41) is 11.0. The second-order valence-electron chi connectivity index (χ2n) is 5.86. The number of aromatic nitrogens is 2. The highest BCUT2D eigenvalue weighted by Crippen LogP contribution is 2.27. The number of carbonyl (C=O) groups is 1. The first-order chi connectivity index (χ1) is 11.6.